The van der Waals surface area contributed by atoms with Gasteiger partial charge in [-0.1, -0.05) is 13.0 Å². The summed E-state index contributed by atoms with van der Waals surface area (Å²) >= 11 is 1.79. The van der Waals surface area contributed by atoms with Crippen molar-refractivity contribution < 1.29 is 4.79 Å². The minimum absolute atomic E-state index is 0.330. The molecule has 1 aromatic heterocycles. The van der Waals surface area contributed by atoms with Crippen LogP contribution in [-0.4, -0.2) is 23.9 Å². The maximum atomic E-state index is 12.2. The number of carbonyl (C=O) groups is 1. The average Bonchev–Trinajstić information content (AvgIpc) is 2.92. The quantitative estimate of drug-likeness (QED) is 0.794. The number of hydrogen-bond acceptors (Lipinski definition) is 2. The van der Waals surface area contributed by atoms with Crippen molar-refractivity contribution in [2.24, 2.45) is 5.92 Å². The zero-order chi connectivity index (χ0) is 13.7. The molecule has 0 aliphatic heterocycles. The molecule has 106 valence electrons. The summed E-state index contributed by atoms with van der Waals surface area (Å²) in [6, 6.07) is 4.73. The van der Waals surface area contributed by atoms with Crippen molar-refractivity contribution in [3.63, 3.8) is 0 Å². The second-order valence-electron chi connectivity index (χ2n) is 5.85. The van der Waals surface area contributed by atoms with Crippen LogP contribution in [0.5, 0.6) is 0 Å². The van der Waals surface area contributed by atoms with Gasteiger partial charge in [-0.05, 0) is 55.9 Å². The van der Waals surface area contributed by atoms with Gasteiger partial charge in [0.25, 0.3) is 0 Å². The van der Waals surface area contributed by atoms with E-state index in [0.29, 0.717) is 18.4 Å². The number of amides is 1. The molecule has 0 atom stereocenters. The molecule has 19 heavy (non-hydrogen) atoms. The van der Waals surface area contributed by atoms with Crippen LogP contribution in [0.4, 0.5) is 0 Å². The molecule has 0 unspecified atom stereocenters. The Bertz CT molecular complexity index is 379. The zero-order valence-corrected chi connectivity index (χ0v) is 12.9. The van der Waals surface area contributed by atoms with Crippen molar-refractivity contribution >= 4 is 17.2 Å². The van der Waals surface area contributed by atoms with E-state index in [-0.39, 0.29) is 0 Å². The maximum absolute atomic E-state index is 12.2. The highest BCUT2D eigenvalue weighted by Crippen LogP contribution is 2.26. The largest absolute Gasteiger partial charge is 0.343 e. The predicted molar refractivity (Wildman–Crippen MR) is 81.4 cm³/mol. The molecule has 1 aromatic rings. The van der Waals surface area contributed by atoms with Crippen molar-refractivity contribution in [2.75, 3.05) is 7.05 Å². The standard InChI is InChI=1S/C16H25NOS/c1-13-8-10-14(11-9-13)17(2)16(18)7-3-5-15-6-4-12-19-15/h4,6,12-14H,3,5,7-11H2,1-2H3. The Balaban J connectivity index is 1.70. The summed E-state index contributed by atoms with van der Waals surface area (Å²) in [5.41, 5.74) is 0. The highest BCUT2D eigenvalue weighted by atomic mass is 32.1. The highest BCUT2D eigenvalue weighted by Gasteiger charge is 2.24. The van der Waals surface area contributed by atoms with Gasteiger partial charge in [-0.3, -0.25) is 4.79 Å². The normalized spacial score (nSPS) is 23.3. The molecular formula is C16H25NOS. The molecule has 1 saturated carbocycles. The third-order valence-electron chi connectivity index (χ3n) is 4.32. The van der Waals surface area contributed by atoms with Gasteiger partial charge in [-0.25, -0.2) is 0 Å². The molecular weight excluding hydrogens is 254 g/mol. The summed E-state index contributed by atoms with van der Waals surface area (Å²) < 4.78 is 0. The lowest BCUT2D eigenvalue weighted by Gasteiger charge is -2.33. The van der Waals surface area contributed by atoms with Crippen molar-refractivity contribution in [2.45, 2.75) is 57.9 Å². The Morgan fingerprint density at radius 3 is 2.74 bits per heavy atom. The number of hydrogen-bond donors (Lipinski definition) is 0. The topological polar surface area (TPSA) is 20.3 Å². The number of aryl methyl sites for hydroxylation is 1. The Kier molecular flexibility index (Phi) is 5.44. The van der Waals surface area contributed by atoms with E-state index in [0.717, 1.165) is 18.8 Å². The Hall–Kier alpha value is -0.830. The van der Waals surface area contributed by atoms with Crippen molar-refractivity contribution in [3.8, 4) is 0 Å². The third kappa shape index (κ3) is 4.34. The average molecular weight is 279 g/mol. The fourth-order valence-electron chi connectivity index (χ4n) is 2.88. The summed E-state index contributed by atoms with van der Waals surface area (Å²) in [6.45, 7) is 2.32. The van der Waals surface area contributed by atoms with Crippen LogP contribution in [0.2, 0.25) is 0 Å². The maximum Gasteiger partial charge on any atom is 0.222 e. The van der Waals surface area contributed by atoms with E-state index in [1.54, 1.807) is 11.3 Å². The molecule has 0 spiro atoms. The first-order chi connectivity index (χ1) is 9.16. The van der Waals surface area contributed by atoms with Gasteiger partial charge in [0.2, 0.25) is 5.91 Å². The molecule has 0 N–H and O–H groups in total. The lowest BCUT2D eigenvalue weighted by atomic mass is 9.86. The van der Waals surface area contributed by atoms with Crippen molar-refractivity contribution in [1.29, 1.82) is 0 Å². The first kappa shape index (κ1) is 14.6. The number of nitrogens with zero attached hydrogens (tertiary/aromatic N) is 1. The van der Waals surface area contributed by atoms with E-state index in [2.05, 4.69) is 24.4 Å². The number of thiophene rings is 1. The van der Waals surface area contributed by atoms with Gasteiger partial charge in [-0.15, -0.1) is 11.3 Å². The number of carbonyl (C=O) groups excluding carboxylic acids is 1. The molecule has 2 nitrogen and oxygen atoms in total. The van der Waals surface area contributed by atoms with Gasteiger partial charge in [0.05, 0.1) is 0 Å². The van der Waals surface area contributed by atoms with Crippen LogP contribution in [0.3, 0.4) is 0 Å². The summed E-state index contributed by atoms with van der Waals surface area (Å²) in [5, 5.41) is 2.10. The zero-order valence-electron chi connectivity index (χ0n) is 12.1. The van der Waals surface area contributed by atoms with E-state index >= 15 is 0 Å². The first-order valence-corrected chi connectivity index (χ1v) is 8.33. The van der Waals surface area contributed by atoms with Crippen LogP contribution >= 0.6 is 11.3 Å². The Labute approximate surface area is 120 Å². The monoisotopic (exact) mass is 279 g/mol. The summed E-state index contributed by atoms with van der Waals surface area (Å²) in [7, 11) is 1.99. The van der Waals surface area contributed by atoms with E-state index in [1.807, 2.05) is 11.9 Å². The van der Waals surface area contributed by atoms with Crippen LogP contribution in [0, 0.1) is 5.92 Å². The van der Waals surface area contributed by atoms with E-state index in [4.69, 9.17) is 0 Å². The van der Waals surface area contributed by atoms with Gasteiger partial charge < -0.3 is 4.90 Å². The molecule has 0 radical (unpaired) electrons. The second kappa shape index (κ2) is 7.09. The molecule has 2 rings (SSSR count). The molecule has 0 saturated heterocycles. The Morgan fingerprint density at radius 2 is 2.11 bits per heavy atom. The summed E-state index contributed by atoms with van der Waals surface area (Å²) in [6.07, 6.45) is 7.64. The molecule has 1 aliphatic rings. The third-order valence-corrected chi connectivity index (χ3v) is 5.26. The van der Waals surface area contributed by atoms with Gasteiger partial charge in [0.1, 0.15) is 0 Å². The van der Waals surface area contributed by atoms with Gasteiger partial charge in [-0.2, -0.15) is 0 Å². The highest BCUT2D eigenvalue weighted by molar-refractivity contribution is 7.09. The van der Waals surface area contributed by atoms with Gasteiger partial charge in [0, 0.05) is 24.4 Å². The smallest absolute Gasteiger partial charge is 0.222 e. The molecule has 0 aromatic carbocycles. The number of rotatable bonds is 5. The molecule has 1 heterocycles. The fourth-order valence-corrected chi connectivity index (χ4v) is 3.63. The molecule has 1 amide bonds. The van der Waals surface area contributed by atoms with Crippen LogP contribution in [0.15, 0.2) is 17.5 Å². The predicted octanol–water partition coefficient (Wildman–Crippen LogP) is 4.11. The van der Waals surface area contributed by atoms with Crippen LogP contribution in [0.25, 0.3) is 0 Å². The molecule has 0 bridgehead atoms. The lowest BCUT2D eigenvalue weighted by Crippen LogP contribution is -2.39. The Morgan fingerprint density at radius 1 is 1.37 bits per heavy atom. The van der Waals surface area contributed by atoms with E-state index < -0.39 is 0 Å². The second-order valence-corrected chi connectivity index (χ2v) is 6.88. The van der Waals surface area contributed by atoms with Crippen LogP contribution < -0.4 is 0 Å². The fraction of sp³-hybridized carbons (Fsp3) is 0.688. The molecule has 1 fully saturated rings. The van der Waals surface area contributed by atoms with Gasteiger partial charge in [0.15, 0.2) is 0 Å². The SMILES string of the molecule is CC1CCC(N(C)C(=O)CCCc2cccs2)CC1. The van der Waals surface area contributed by atoms with Crippen LogP contribution in [0.1, 0.15) is 50.3 Å². The first-order valence-electron chi connectivity index (χ1n) is 7.45. The summed E-state index contributed by atoms with van der Waals surface area (Å²) in [4.78, 5) is 15.6. The van der Waals surface area contributed by atoms with E-state index in [9.17, 15) is 4.79 Å². The van der Waals surface area contributed by atoms with Gasteiger partial charge >= 0.3 is 0 Å². The molecule has 1 aliphatic carbocycles. The minimum atomic E-state index is 0.330. The summed E-state index contributed by atoms with van der Waals surface area (Å²) in [5.74, 6) is 1.18. The van der Waals surface area contributed by atoms with Crippen LogP contribution in [-0.2, 0) is 11.2 Å². The minimum Gasteiger partial charge on any atom is -0.343 e. The van der Waals surface area contributed by atoms with E-state index in [1.165, 1.54) is 30.6 Å². The molecule has 3 heteroatoms. The van der Waals surface area contributed by atoms with Crippen molar-refractivity contribution in [1.82, 2.24) is 4.90 Å². The van der Waals surface area contributed by atoms with Crippen molar-refractivity contribution in [3.05, 3.63) is 22.4 Å². The lowest BCUT2D eigenvalue weighted by molar-refractivity contribution is -0.132.